The Balaban J connectivity index is 2.66. The molecule has 0 saturated carbocycles. The van der Waals surface area contributed by atoms with Crippen LogP contribution in [0, 0.1) is 0 Å². The summed E-state index contributed by atoms with van der Waals surface area (Å²) in [6.45, 7) is -1.65. The second-order valence-corrected chi connectivity index (χ2v) is 3.96. The summed E-state index contributed by atoms with van der Waals surface area (Å²) in [5, 5.41) is 33.4. The van der Waals surface area contributed by atoms with E-state index in [4.69, 9.17) is 15.3 Å². The number of amides is 1. The zero-order valence-electron chi connectivity index (χ0n) is 10.1. The fourth-order valence-electron chi connectivity index (χ4n) is 1.28. The third kappa shape index (κ3) is 3.39. The molecule has 4 N–H and O–H groups in total. The van der Waals surface area contributed by atoms with Crippen LogP contribution in [0.15, 0.2) is 18.3 Å². The minimum absolute atomic E-state index is 0.520. The van der Waals surface area contributed by atoms with E-state index in [2.05, 4.69) is 10.4 Å². The number of carbonyl (C=O) groups excluding carboxylic acids is 1. The van der Waals surface area contributed by atoms with E-state index in [1.54, 1.807) is 30.1 Å². The van der Waals surface area contributed by atoms with E-state index in [1.165, 1.54) is 6.08 Å². The number of aromatic nitrogens is 2. The van der Waals surface area contributed by atoms with Gasteiger partial charge in [-0.05, 0) is 12.1 Å². The molecule has 0 fully saturated rings. The highest BCUT2D eigenvalue weighted by atomic mass is 16.3. The monoisotopic (exact) mass is 255 g/mol. The number of hydrogen-bond donors (Lipinski definition) is 4. The fourth-order valence-corrected chi connectivity index (χ4v) is 1.28. The highest BCUT2D eigenvalue weighted by Gasteiger charge is 2.29. The number of aliphatic hydroxyl groups excluding tert-OH is 3. The molecule has 0 aromatic carbocycles. The lowest BCUT2D eigenvalue weighted by Crippen LogP contribution is -2.56. The summed E-state index contributed by atoms with van der Waals surface area (Å²) in [6, 6.07) is 1.72. The average molecular weight is 255 g/mol. The fraction of sp³-hybridized carbons (Fsp3) is 0.455. The first kappa shape index (κ1) is 14.4. The Morgan fingerprint density at radius 1 is 1.44 bits per heavy atom. The van der Waals surface area contributed by atoms with Crippen LogP contribution in [0.25, 0.3) is 6.08 Å². The van der Waals surface area contributed by atoms with Crippen molar-refractivity contribution in [1.29, 1.82) is 0 Å². The van der Waals surface area contributed by atoms with Gasteiger partial charge < -0.3 is 20.6 Å². The summed E-state index contributed by atoms with van der Waals surface area (Å²) in [5.41, 5.74) is -0.679. The van der Waals surface area contributed by atoms with Crippen LogP contribution >= 0.6 is 0 Å². The first-order chi connectivity index (χ1) is 8.56. The topological polar surface area (TPSA) is 108 Å². The zero-order chi connectivity index (χ0) is 13.6. The van der Waals surface area contributed by atoms with Crippen molar-refractivity contribution in [3.63, 3.8) is 0 Å². The molecule has 0 aliphatic heterocycles. The maximum atomic E-state index is 11.6. The molecule has 18 heavy (non-hydrogen) atoms. The number of aryl methyl sites for hydroxylation is 1. The summed E-state index contributed by atoms with van der Waals surface area (Å²) < 4.78 is 1.58. The maximum absolute atomic E-state index is 11.6. The minimum atomic E-state index is -1.41. The molecule has 0 aliphatic rings. The van der Waals surface area contributed by atoms with Gasteiger partial charge in [0.25, 0.3) is 0 Å². The Labute approximate surface area is 104 Å². The van der Waals surface area contributed by atoms with Gasteiger partial charge in [-0.25, -0.2) is 0 Å². The van der Waals surface area contributed by atoms with Crippen molar-refractivity contribution in [2.24, 2.45) is 7.05 Å². The van der Waals surface area contributed by atoms with Gasteiger partial charge in [0.15, 0.2) is 0 Å². The molecule has 7 heteroatoms. The third-order valence-electron chi connectivity index (χ3n) is 2.56. The normalized spacial score (nSPS) is 12.0. The lowest BCUT2D eigenvalue weighted by atomic mass is 10.0. The second kappa shape index (κ2) is 6.29. The Bertz CT molecular complexity index is 415. The molecule has 0 aliphatic carbocycles. The predicted molar refractivity (Wildman–Crippen MR) is 64.4 cm³/mol. The summed E-state index contributed by atoms with van der Waals surface area (Å²) in [6.07, 6.45) is 4.38. The largest absolute Gasteiger partial charge is 0.394 e. The van der Waals surface area contributed by atoms with Crippen LogP contribution in [0.3, 0.4) is 0 Å². The van der Waals surface area contributed by atoms with E-state index < -0.39 is 31.3 Å². The Kier molecular flexibility index (Phi) is 5.02. The molecule has 7 nitrogen and oxygen atoms in total. The van der Waals surface area contributed by atoms with Crippen LogP contribution in [0.1, 0.15) is 5.69 Å². The van der Waals surface area contributed by atoms with Gasteiger partial charge in [0.05, 0.1) is 25.5 Å². The molecule has 100 valence electrons. The Morgan fingerprint density at radius 3 is 2.50 bits per heavy atom. The van der Waals surface area contributed by atoms with E-state index in [9.17, 15) is 4.79 Å². The van der Waals surface area contributed by atoms with Crippen molar-refractivity contribution in [3.05, 3.63) is 24.0 Å². The number of nitrogens with zero attached hydrogens (tertiary/aromatic N) is 2. The highest BCUT2D eigenvalue weighted by molar-refractivity contribution is 5.92. The van der Waals surface area contributed by atoms with E-state index in [0.717, 1.165) is 5.69 Å². The molecule has 1 heterocycles. The molecule has 0 bridgehead atoms. The van der Waals surface area contributed by atoms with Crippen LogP contribution in [0.4, 0.5) is 0 Å². The highest BCUT2D eigenvalue weighted by Crippen LogP contribution is 2.03. The second-order valence-electron chi connectivity index (χ2n) is 3.96. The van der Waals surface area contributed by atoms with Gasteiger partial charge in [-0.3, -0.25) is 9.48 Å². The molecular weight excluding hydrogens is 238 g/mol. The van der Waals surface area contributed by atoms with Crippen molar-refractivity contribution in [2.45, 2.75) is 5.54 Å². The lowest BCUT2D eigenvalue weighted by Gasteiger charge is -2.27. The van der Waals surface area contributed by atoms with Crippen LogP contribution in [-0.4, -0.2) is 56.4 Å². The Hall–Kier alpha value is -1.70. The van der Waals surface area contributed by atoms with Crippen LogP contribution in [0.2, 0.25) is 0 Å². The van der Waals surface area contributed by atoms with Gasteiger partial charge in [-0.2, -0.15) is 5.10 Å². The average Bonchev–Trinajstić information content (AvgIpc) is 2.79. The third-order valence-corrected chi connectivity index (χ3v) is 2.56. The zero-order valence-corrected chi connectivity index (χ0v) is 10.1. The first-order valence-electron chi connectivity index (χ1n) is 5.38. The van der Waals surface area contributed by atoms with E-state index >= 15 is 0 Å². The SMILES string of the molecule is Cn1nccc1/C=C/C(=O)NC(CO)(CO)CO. The van der Waals surface area contributed by atoms with Crippen LogP contribution < -0.4 is 5.32 Å². The molecule has 0 radical (unpaired) electrons. The van der Waals surface area contributed by atoms with E-state index in [1.807, 2.05) is 0 Å². The molecule has 1 amide bonds. The Morgan fingerprint density at radius 2 is 2.06 bits per heavy atom. The summed E-state index contributed by atoms with van der Waals surface area (Å²) in [7, 11) is 1.73. The van der Waals surface area contributed by atoms with Gasteiger partial charge in [0.2, 0.25) is 5.91 Å². The van der Waals surface area contributed by atoms with Crippen LogP contribution in [-0.2, 0) is 11.8 Å². The molecule has 0 unspecified atom stereocenters. The van der Waals surface area contributed by atoms with Crippen molar-refractivity contribution < 1.29 is 20.1 Å². The molecule has 0 spiro atoms. The van der Waals surface area contributed by atoms with Crippen molar-refractivity contribution in [3.8, 4) is 0 Å². The van der Waals surface area contributed by atoms with Gasteiger partial charge in [0, 0.05) is 19.3 Å². The number of aliphatic hydroxyl groups is 3. The summed E-state index contributed by atoms with van der Waals surface area (Å²) in [5.74, 6) is -0.520. The van der Waals surface area contributed by atoms with Gasteiger partial charge in [-0.15, -0.1) is 0 Å². The molecular formula is C11H17N3O4. The number of rotatable bonds is 6. The molecule has 1 aromatic heterocycles. The predicted octanol–water partition coefficient (Wildman–Crippen LogP) is -1.73. The van der Waals surface area contributed by atoms with Gasteiger partial charge in [-0.1, -0.05) is 0 Å². The van der Waals surface area contributed by atoms with Gasteiger partial charge >= 0.3 is 0 Å². The van der Waals surface area contributed by atoms with E-state index in [0.29, 0.717) is 0 Å². The smallest absolute Gasteiger partial charge is 0.244 e. The molecule has 0 atom stereocenters. The van der Waals surface area contributed by atoms with Gasteiger partial charge in [0.1, 0.15) is 5.54 Å². The van der Waals surface area contributed by atoms with Crippen molar-refractivity contribution in [2.75, 3.05) is 19.8 Å². The molecule has 1 aromatic rings. The minimum Gasteiger partial charge on any atom is -0.394 e. The number of nitrogens with one attached hydrogen (secondary N) is 1. The summed E-state index contributed by atoms with van der Waals surface area (Å²) in [4.78, 5) is 11.6. The summed E-state index contributed by atoms with van der Waals surface area (Å²) >= 11 is 0. The number of carbonyl (C=O) groups is 1. The lowest BCUT2D eigenvalue weighted by molar-refractivity contribution is -0.120. The standard InChI is InChI=1S/C11H17N3O4/c1-14-9(4-5-12-14)2-3-10(18)13-11(6-15,7-16)8-17/h2-5,15-17H,6-8H2,1H3,(H,13,18)/b3-2+. The van der Waals surface area contributed by atoms with Crippen molar-refractivity contribution >= 4 is 12.0 Å². The van der Waals surface area contributed by atoms with Crippen LogP contribution in [0.5, 0.6) is 0 Å². The molecule has 0 saturated heterocycles. The van der Waals surface area contributed by atoms with Crippen molar-refractivity contribution in [1.82, 2.24) is 15.1 Å². The van der Waals surface area contributed by atoms with E-state index in [-0.39, 0.29) is 0 Å². The maximum Gasteiger partial charge on any atom is 0.244 e. The number of hydrogen-bond acceptors (Lipinski definition) is 5. The first-order valence-corrected chi connectivity index (χ1v) is 5.38. The quantitative estimate of drug-likeness (QED) is 0.452. The molecule has 1 rings (SSSR count).